The smallest absolute Gasteiger partial charge is 0.227 e. The van der Waals surface area contributed by atoms with E-state index in [0.717, 1.165) is 30.4 Å². The van der Waals surface area contributed by atoms with Crippen LogP contribution >= 0.6 is 23.5 Å². The van der Waals surface area contributed by atoms with Gasteiger partial charge in [-0.05, 0) is 24.8 Å². The molecule has 2 fully saturated rings. The number of nitrogens with two attached hydrogens (primary N) is 1. The molecule has 0 radical (unpaired) electrons. The second kappa shape index (κ2) is 5.43. The van der Waals surface area contributed by atoms with E-state index in [9.17, 15) is 0 Å². The molecule has 1 aliphatic carbocycles. The zero-order chi connectivity index (χ0) is 12.4. The lowest BCUT2D eigenvalue weighted by Crippen LogP contribution is -2.39. The molecular formula is C12H19N3OS2. The Bertz CT molecular complexity index is 394. The van der Waals surface area contributed by atoms with E-state index in [1.165, 1.54) is 30.8 Å². The molecule has 1 atom stereocenters. The monoisotopic (exact) mass is 285 g/mol. The summed E-state index contributed by atoms with van der Waals surface area (Å²) in [4.78, 5) is 4.58. The molecule has 4 nitrogen and oxygen atoms in total. The lowest BCUT2D eigenvalue weighted by atomic mass is 9.67. The molecular weight excluding hydrogens is 266 g/mol. The largest absolute Gasteiger partial charge is 0.339 e. The minimum atomic E-state index is 0.248. The first kappa shape index (κ1) is 12.8. The molecule has 1 aromatic rings. The van der Waals surface area contributed by atoms with E-state index in [2.05, 4.69) is 10.1 Å². The lowest BCUT2D eigenvalue weighted by molar-refractivity contribution is 0.129. The second-order valence-electron chi connectivity index (χ2n) is 5.22. The van der Waals surface area contributed by atoms with Crippen molar-refractivity contribution in [1.29, 1.82) is 0 Å². The highest BCUT2D eigenvalue weighted by molar-refractivity contribution is 8.06. The van der Waals surface area contributed by atoms with Gasteiger partial charge < -0.3 is 10.3 Å². The maximum absolute atomic E-state index is 5.87. The zero-order valence-corrected chi connectivity index (χ0v) is 12.1. The van der Waals surface area contributed by atoms with Crippen LogP contribution in [0.2, 0.25) is 0 Å². The van der Waals surface area contributed by atoms with Crippen molar-refractivity contribution in [3.63, 3.8) is 0 Å². The second-order valence-corrected chi connectivity index (χ2v) is 7.68. The van der Waals surface area contributed by atoms with Crippen molar-refractivity contribution in [3.05, 3.63) is 11.7 Å². The van der Waals surface area contributed by atoms with Gasteiger partial charge in [-0.25, -0.2) is 0 Å². The van der Waals surface area contributed by atoms with E-state index >= 15 is 0 Å². The van der Waals surface area contributed by atoms with Crippen molar-refractivity contribution in [2.24, 2.45) is 11.1 Å². The normalized spacial score (nSPS) is 26.8. The molecule has 0 spiro atoms. The Morgan fingerprint density at radius 2 is 2.28 bits per heavy atom. The van der Waals surface area contributed by atoms with E-state index in [1.807, 2.05) is 23.5 Å². The maximum atomic E-state index is 5.87. The van der Waals surface area contributed by atoms with Gasteiger partial charge in [-0.3, -0.25) is 0 Å². The van der Waals surface area contributed by atoms with Gasteiger partial charge >= 0.3 is 0 Å². The van der Waals surface area contributed by atoms with Crippen molar-refractivity contribution in [3.8, 4) is 0 Å². The van der Waals surface area contributed by atoms with Crippen molar-refractivity contribution in [2.75, 3.05) is 23.8 Å². The first-order valence-electron chi connectivity index (χ1n) is 6.53. The maximum Gasteiger partial charge on any atom is 0.227 e. The molecule has 3 rings (SSSR count). The molecule has 100 valence electrons. The van der Waals surface area contributed by atoms with Gasteiger partial charge in [0.15, 0.2) is 5.82 Å². The van der Waals surface area contributed by atoms with Crippen molar-refractivity contribution < 1.29 is 4.52 Å². The number of aromatic nitrogens is 2. The standard InChI is InChI=1S/C12H19N3OS2/c13-8-12(2-1-3-12)6-10-14-11(15-16-10)9-7-17-4-5-18-9/h9H,1-8,13H2. The lowest BCUT2D eigenvalue weighted by Gasteiger charge is -2.39. The molecule has 18 heavy (non-hydrogen) atoms. The van der Waals surface area contributed by atoms with Crippen LogP contribution in [0.5, 0.6) is 0 Å². The van der Waals surface area contributed by atoms with Crippen LogP contribution in [-0.2, 0) is 6.42 Å². The van der Waals surface area contributed by atoms with Crippen molar-refractivity contribution in [1.82, 2.24) is 10.1 Å². The van der Waals surface area contributed by atoms with E-state index < -0.39 is 0 Å². The Hall–Kier alpha value is -0.200. The zero-order valence-electron chi connectivity index (χ0n) is 10.4. The number of hydrogen-bond acceptors (Lipinski definition) is 6. The summed E-state index contributed by atoms with van der Waals surface area (Å²) in [5.41, 5.74) is 6.12. The number of nitrogens with zero attached hydrogens (tertiary/aromatic N) is 2. The van der Waals surface area contributed by atoms with E-state index in [-0.39, 0.29) is 5.41 Å². The van der Waals surface area contributed by atoms with Crippen molar-refractivity contribution >= 4 is 23.5 Å². The first-order valence-corrected chi connectivity index (χ1v) is 8.74. The van der Waals surface area contributed by atoms with Gasteiger partial charge in [0, 0.05) is 23.7 Å². The third-order valence-electron chi connectivity index (χ3n) is 3.96. The SMILES string of the molecule is NCC1(Cc2nc(C3CSCCS3)no2)CCC1. The molecule has 1 unspecified atom stereocenters. The number of rotatable bonds is 4. The third-order valence-corrected chi connectivity index (χ3v) is 6.71. The summed E-state index contributed by atoms with van der Waals surface area (Å²) in [6.45, 7) is 0.735. The molecule has 6 heteroatoms. The molecule has 2 heterocycles. The third kappa shape index (κ3) is 2.56. The highest BCUT2D eigenvalue weighted by Gasteiger charge is 2.37. The summed E-state index contributed by atoms with van der Waals surface area (Å²) in [6, 6.07) is 0. The van der Waals surface area contributed by atoms with Crippen LogP contribution in [-0.4, -0.2) is 33.9 Å². The van der Waals surface area contributed by atoms with Crippen LogP contribution in [0.3, 0.4) is 0 Å². The summed E-state index contributed by atoms with van der Waals surface area (Å²) in [6.07, 6.45) is 4.55. The van der Waals surface area contributed by atoms with Crippen LogP contribution in [0.15, 0.2) is 4.52 Å². The van der Waals surface area contributed by atoms with Gasteiger partial charge in [-0.1, -0.05) is 11.6 Å². The minimum Gasteiger partial charge on any atom is -0.339 e. The Morgan fingerprint density at radius 3 is 2.89 bits per heavy atom. The number of hydrogen-bond donors (Lipinski definition) is 1. The van der Waals surface area contributed by atoms with Crippen LogP contribution in [0.25, 0.3) is 0 Å². The van der Waals surface area contributed by atoms with Gasteiger partial charge in [-0.2, -0.15) is 16.7 Å². The molecule has 1 saturated carbocycles. The van der Waals surface area contributed by atoms with Gasteiger partial charge in [0.2, 0.25) is 5.89 Å². The highest BCUT2D eigenvalue weighted by atomic mass is 32.2. The van der Waals surface area contributed by atoms with E-state index in [1.54, 1.807) is 0 Å². The molecule has 0 amide bonds. The summed E-state index contributed by atoms with van der Waals surface area (Å²) >= 11 is 3.92. The Labute approximate surface area is 116 Å². The van der Waals surface area contributed by atoms with Crippen LogP contribution in [0, 0.1) is 5.41 Å². The summed E-state index contributed by atoms with van der Waals surface area (Å²) in [5.74, 6) is 5.19. The van der Waals surface area contributed by atoms with Crippen LogP contribution in [0.4, 0.5) is 0 Å². The molecule has 2 aliphatic rings. The average Bonchev–Trinajstić information content (AvgIpc) is 2.83. The average molecular weight is 285 g/mol. The van der Waals surface area contributed by atoms with Gasteiger partial charge in [0.05, 0.1) is 5.25 Å². The first-order chi connectivity index (χ1) is 8.81. The quantitative estimate of drug-likeness (QED) is 0.915. The molecule has 1 aromatic heterocycles. The van der Waals surface area contributed by atoms with Crippen LogP contribution < -0.4 is 5.73 Å². The van der Waals surface area contributed by atoms with Gasteiger partial charge in [0.1, 0.15) is 0 Å². The molecule has 0 aromatic carbocycles. The minimum absolute atomic E-state index is 0.248. The van der Waals surface area contributed by atoms with Gasteiger partial charge in [0.25, 0.3) is 0 Å². The summed E-state index contributed by atoms with van der Waals surface area (Å²) in [7, 11) is 0. The number of thioether (sulfide) groups is 2. The summed E-state index contributed by atoms with van der Waals surface area (Å²) in [5, 5.41) is 4.57. The molecule has 1 saturated heterocycles. The molecule has 2 N–H and O–H groups in total. The molecule has 1 aliphatic heterocycles. The molecule has 0 bridgehead atoms. The predicted octanol–water partition coefficient (Wildman–Crippen LogP) is 2.26. The summed E-state index contributed by atoms with van der Waals surface area (Å²) < 4.78 is 5.41. The van der Waals surface area contributed by atoms with Gasteiger partial charge in [-0.15, -0.1) is 11.8 Å². The van der Waals surface area contributed by atoms with E-state index in [0.29, 0.717) is 5.25 Å². The van der Waals surface area contributed by atoms with Crippen molar-refractivity contribution in [2.45, 2.75) is 30.9 Å². The van der Waals surface area contributed by atoms with Crippen LogP contribution in [0.1, 0.15) is 36.2 Å². The Morgan fingerprint density at radius 1 is 1.39 bits per heavy atom. The van der Waals surface area contributed by atoms with E-state index in [4.69, 9.17) is 10.3 Å². The Kier molecular flexibility index (Phi) is 3.86. The fourth-order valence-corrected chi connectivity index (χ4v) is 5.15. The fraction of sp³-hybridized carbons (Fsp3) is 0.833. The predicted molar refractivity (Wildman–Crippen MR) is 75.9 cm³/mol. The fourth-order valence-electron chi connectivity index (χ4n) is 2.56. The highest BCUT2D eigenvalue weighted by Crippen LogP contribution is 2.43. The topological polar surface area (TPSA) is 64.9 Å². The Balaban J connectivity index is 1.65.